The zero-order valence-corrected chi connectivity index (χ0v) is 12.6. The molecule has 0 aliphatic carbocycles. The van der Waals surface area contributed by atoms with Crippen molar-refractivity contribution in [1.29, 1.82) is 0 Å². The van der Waals surface area contributed by atoms with E-state index in [1.165, 1.54) is 12.2 Å². The number of likely N-dealkylation sites (tertiary alicyclic amines) is 1. The number of thioether (sulfide) groups is 1. The van der Waals surface area contributed by atoms with Gasteiger partial charge in [-0.1, -0.05) is 0 Å². The number of piperidine rings is 1. The molecule has 0 aromatic carbocycles. The Hall–Kier alpha value is -0.420. The molecule has 1 saturated heterocycles. The average molecular weight is 274 g/mol. The Labute approximate surface area is 115 Å². The fourth-order valence-corrected chi connectivity index (χ4v) is 2.81. The van der Waals surface area contributed by atoms with Crippen LogP contribution in [0.25, 0.3) is 0 Å². The minimum Gasteiger partial charge on any atom is -0.450 e. The topological polar surface area (TPSA) is 41.6 Å². The summed E-state index contributed by atoms with van der Waals surface area (Å²) in [5, 5.41) is 3.65. The fourth-order valence-electron chi connectivity index (χ4n) is 2.22. The van der Waals surface area contributed by atoms with Gasteiger partial charge in [0.05, 0.1) is 6.61 Å². The normalized spacial score (nSPS) is 18.7. The summed E-state index contributed by atoms with van der Waals surface area (Å²) in [6.07, 6.45) is 5.25. The molecule has 18 heavy (non-hydrogen) atoms. The Morgan fingerprint density at radius 2 is 2.17 bits per heavy atom. The van der Waals surface area contributed by atoms with E-state index in [1.807, 2.05) is 23.6 Å². The molecule has 1 N–H and O–H groups in total. The average Bonchev–Trinajstić information content (AvgIpc) is 2.37. The number of rotatable bonds is 6. The minimum atomic E-state index is -0.161. The van der Waals surface area contributed by atoms with E-state index in [-0.39, 0.29) is 6.09 Å². The van der Waals surface area contributed by atoms with E-state index in [2.05, 4.69) is 18.5 Å². The zero-order chi connectivity index (χ0) is 13.4. The summed E-state index contributed by atoms with van der Waals surface area (Å²) >= 11 is 1.89. The van der Waals surface area contributed by atoms with Gasteiger partial charge in [0.2, 0.25) is 0 Å². The molecule has 4 nitrogen and oxygen atoms in total. The number of ether oxygens (including phenoxy) is 1. The maximum Gasteiger partial charge on any atom is 0.409 e. The fraction of sp³-hybridized carbons (Fsp3) is 0.923. The lowest BCUT2D eigenvalue weighted by Crippen LogP contribution is -2.47. The summed E-state index contributed by atoms with van der Waals surface area (Å²) in [5.41, 5.74) is 0. The van der Waals surface area contributed by atoms with Crippen LogP contribution in [0.3, 0.4) is 0 Å². The van der Waals surface area contributed by atoms with Crippen LogP contribution in [0.1, 0.15) is 33.1 Å². The molecule has 1 atom stereocenters. The van der Waals surface area contributed by atoms with Gasteiger partial charge >= 0.3 is 6.09 Å². The molecule has 1 unspecified atom stereocenters. The minimum absolute atomic E-state index is 0.161. The molecule has 0 radical (unpaired) electrons. The molecular formula is C13H26N2O2S. The van der Waals surface area contributed by atoms with E-state index < -0.39 is 0 Å². The number of carbonyl (C=O) groups excluding carboxylic acids is 1. The molecule has 1 aliphatic heterocycles. The molecule has 0 saturated carbocycles. The van der Waals surface area contributed by atoms with Crippen molar-refractivity contribution < 1.29 is 9.53 Å². The lowest BCUT2D eigenvalue weighted by molar-refractivity contribution is 0.0943. The Balaban J connectivity index is 2.20. The van der Waals surface area contributed by atoms with Gasteiger partial charge in [-0.25, -0.2) is 4.79 Å². The number of carbonyl (C=O) groups is 1. The van der Waals surface area contributed by atoms with E-state index in [9.17, 15) is 4.79 Å². The van der Waals surface area contributed by atoms with Crippen molar-refractivity contribution in [3.8, 4) is 0 Å². The Kier molecular flexibility index (Phi) is 7.51. The van der Waals surface area contributed by atoms with Crippen molar-refractivity contribution in [2.75, 3.05) is 31.7 Å². The van der Waals surface area contributed by atoms with Gasteiger partial charge in [-0.05, 0) is 45.1 Å². The van der Waals surface area contributed by atoms with Crippen molar-refractivity contribution in [3.05, 3.63) is 0 Å². The van der Waals surface area contributed by atoms with E-state index in [1.54, 1.807) is 0 Å². The molecule has 0 bridgehead atoms. The first-order valence-corrected chi connectivity index (χ1v) is 8.23. The Morgan fingerprint density at radius 3 is 2.72 bits per heavy atom. The van der Waals surface area contributed by atoms with Crippen molar-refractivity contribution >= 4 is 17.9 Å². The number of nitrogens with zero attached hydrogens (tertiary/aromatic N) is 1. The van der Waals surface area contributed by atoms with Crippen molar-refractivity contribution in [3.63, 3.8) is 0 Å². The molecule has 0 aromatic heterocycles. The van der Waals surface area contributed by atoms with Crippen LogP contribution in [0.5, 0.6) is 0 Å². The molecule has 0 aromatic rings. The van der Waals surface area contributed by atoms with Crippen LogP contribution in [0, 0.1) is 0 Å². The molecule has 1 fully saturated rings. The van der Waals surface area contributed by atoms with Crippen LogP contribution in [0.2, 0.25) is 0 Å². The molecule has 5 heteroatoms. The zero-order valence-electron chi connectivity index (χ0n) is 11.8. The third-order valence-corrected chi connectivity index (χ3v) is 3.94. The van der Waals surface area contributed by atoms with Crippen LogP contribution in [0.15, 0.2) is 0 Å². The van der Waals surface area contributed by atoms with Crippen molar-refractivity contribution in [2.45, 2.75) is 45.2 Å². The van der Waals surface area contributed by atoms with Gasteiger partial charge < -0.3 is 15.0 Å². The smallest absolute Gasteiger partial charge is 0.409 e. The first-order chi connectivity index (χ1) is 8.67. The monoisotopic (exact) mass is 274 g/mol. The second kappa shape index (κ2) is 8.64. The first-order valence-electron chi connectivity index (χ1n) is 6.84. The summed E-state index contributed by atoms with van der Waals surface area (Å²) in [4.78, 5) is 13.4. The summed E-state index contributed by atoms with van der Waals surface area (Å²) in [5.74, 6) is 1.20. The quantitative estimate of drug-likeness (QED) is 0.807. The second-order valence-corrected chi connectivity index (χ2v) is 5.80. The summed E-state index contributed by atoms with van der Waals surface area (Å²) in [6.45, 7) is 6.17. The van der Waals surface area contributed by atoms with Gasteiger partial charge in [-0.15, -0.1) is 0 Å². The highest BCUT2D eigenvalue weighted by molar-refractivity contribution is 7.98. The molecular weight excluding hydrogens is 248 g/mol. The number of amides is 1. The van der Waals surface area contributed by atoms with Gasteiger partial charge in [0, 0.05) is 25.2 Å². The predicted molar refractivity (Wildman–Crippen MR) is 77.2 cm³/mol. The van der Waals surface area contributed by atoms with E-state index in [4.69, 9.17) is 4.74 Å². The van der Waals surface area contributed by atoms with Crippen LogP contribution in [-0.2, 0) is 4.74 Å². The summed E-state index contributed by atoms with van der Waals surface area (Å²) in [7, 11) is 0. The summed E-state index contributed by atoms with van der Waals surface area (Å²) in [6, 6.07) is 1.11. The largest absolute Gasteiger partial charge is 0.450 e. The van der Waals surface area contributed by atoms with E-state index >= 15 is 0 Å². The SMILES string of the molecule is CCOC(=O)N1CCC(NC(C)CCSC)CC1. The third kappa shape index (κ3) is 5.48. The van der Waals surface area contributed by atoms with Gasteiger partial charge in [0.1, 0.15) is 0 Å². The van der Waals surface area contributed by atoms with Crippen molar-refractivity contribution in [2.24, 2.45) is 0 Å². The molecule has 1 rings (SSSR count). The highest BCUT2D eigenvalue weighted by atomic mass is 32.2. The third-order valence-electron chi connectivity index (χ3n) is 3.30. The maximum atomic E-state index is 11.5. The molecule has 106 valence electrons. The number of hydrogen-bond donors (Lipinski definition) is 1. The molecule has 0 spiro atoms. The summed E-state index contributed by atoms with van der Waals surface area (Å²) < 4.78 is 5.01. The highest BCUT2D eigenvalue weighted by Crippen LogP contribution is 2.13. The van der Waals surface area contributed by atoms with Gasteiger partial charge in [-0.3, -0.25) is 0 Å². The van der Waals surface area contributed by atoms with Crippen LogP contribution in [-0.4, -0.2) is 54.8 Å². The Bertz CT molecular complexity index is 243. The lowest BCUT2D eigenvalue weighted by atomic mass is 10.0. The van der Waals surface area contributed by atoms with Crippen LogP contribution < -0.4 is 5.32 Å². The standard InChI is InChI=1S/C13H26N2O2S/c1-4-17-13(16)15-8-5-12(6-9-15)14-11(2)7-10-18-3/h11-12,14H,4-10H2,1-3H3. The second-order valence-electron chi connectivity index (χ2n) is 4.81. The Morgan fingerprint density at radius 1 is 1.50 bits per heavy atom. The maximum absolute atomic E-state index is 11.5. The van der Waals surface area contributed by atoms with Crippen LogP contribution in [0.4, 0.5) is 4.79 Å². The van der Waals surface area contributed by atoms with E-state index in [0.717, 1.165) is 25.9 Å². The van der Waals surface area contributed by atoms with Crippen LogP contribution >= 0.6 is 11.8 Å². The molecule has 1 heterocycles. The number of hydrogen-bond acceptors (Lipinski definition) is 4. The van der Waals surface area contributed by atoms with Crippen molar-refractivity contribution in [1.82, 2.24) is 10.2 Å². The van der Waals surface area contributed by atoms with Gasteiger partial charge in [0.15, 0.2) is 0 Å². The predicted octanol–water partition coefficient (Wildman–Crippen LogP) is 2.34. The molecule has 1 amide bonds. The van der Waals surface area contributed by atoms with Gasteiger partial charge in [0.25, 0.3) is 0 Å². The first kappa shape index (κ1) is 15.6. The molecule has 1 aliphatic rings. The van der Waals surface area contributed by atoms with E-state index in [0.29, 0.717) is 18.7 Å². The lowest BCUT2D eigenvalue weighted by Gasteiger charge is -2.33. The number of nitrogens with one attached hydrogen (secondary N) is 1. The van der Waals surface area contributed by atoms with Gasteiger partial charge in [-0.2, -0.15) is 11.8 Å². The highest BCUT2D eigenvalue weighted by Gasteiger charge is 2.23.